The molecule has 0 aliphatic heterocycles. The van der Waals surface area contributed by atoms with E-state index in [-0.39, 0.29) is 5.69 Å². The van der Waals surface area contributed by atoms with Crippen molar-refractivity contribution in [2.75, 3.05) is 0 Å². The molecule has 0 spiro atoms. The van der Waals surface area contributed by atoms with Gasteiger partial charge >= 0.3 is 0 Å². The fourth-order valence-corrected chi connectivity index (χ4v) is 4.38. The Morgan fingerprint density at radius 3 is 1.97 bits per heavy atom. The Kier molecular flexibility index (Phi) is 9.99. The summed E-state index contributed by atoms with van der Waals surface area (Å²) < 4.78 is 14.1. The van der Waals surface area contributed by atoms with Crippen molar-refractivity contribution in [3.8, 4) is 34.8 Å². The van der Waals surface area contributed by atoms with E-state index in [4.69, 9.17) is 0 Å². The molecular formula is C36H30FNS. The summed E-state index contributed by atoms with van der Waals surface area (Å²) in [6, 6.07) is 28.0. The van der Waals surface area contributed by atoms with Crippen LogP contribution in [0.1, 0.15) is 66.5 Å². The Hall–Kier alpha value is -4.27. The molecule has 0 radical (unpaired) electrons. The van der Waals surface area contributed by atoms with Crippen LogP contribution in [0.15, 0.2) is 89.9 Å². The molecule has 0 aliphatic carbocycles. The number of hydrogen-bond acceptors (Lipinski definition) is 2. The minimum Gasteiger partial charge on any atom is -0.205 e. The average Bonchev–Trinajstić information content (AvgIpc) is 2.97. The molecular weight excluding hydrogens is 497 g/mol. The van der Waals surface area contributed by atoms with Crippen molar-refractivity contribution >= 4 is 23.1 Å². The van der Waals surface area contributed by atoms with E-state index >= 15 is 0 Å². The van der Waals surface area contributed by atoms with Gasteiger partial charge in [0.25, 0.3) is 0 Å². The molecule has 0 saturated heterocycles. The molecule has 4 rings (SSSR count). The van der Waals surface area contributed by atoms with E-state index in [1.165, 1.54) is 42.0 Å². The molecule has 0 atom stereocenters. The van der Waals surface area contributed by atoms with Crippen molar-refractivity contribution in [3.63, 3.8) is 0 Å². The molecule has 4 aromatic carbocycles. The number of benzene rings is 4. The zero-order valence-electron chi connectivity index (χ0n) is 22.4. The van der Waals surface area contributed by atoms with Gasteiger partial charge in [-0.1, -0.05) is 86.8 Å². The van der Waals surface area contributed by atoms with E-state index in [9.17, 15) is 4.39 Å². The van der Waals surface area contributed by atoms with Gasteiger partial charge in [-0.2, -0.15) is 4.99 Å². The first-order valence-electron chi connectivity index (χ1n) is 13.3. The maximum atomic E-state index is 14.1. The number of aryl methyl sites for hydroxylation is 2. The number of nitrogens with zero attached hydrogens (tertiary/aromatic N) is 1. The normalized spacial score (nSPS) is 10.0. The third-order valence-electron chi connectivity index (χ3n) is 6.53. The number of unbranched alkanes of at least 4 members (excludes halogenated alkanes) is 2. The molecule has 0 saturated carbocycles. The third kappa shape index (κ3) is 7.86. The van der Waals surface area contributed by atoms with Crippen LogP contribution in [0.25, 0.3) is 11.1 Å². The van der Waals surface area contributed by atoms with Gasteiger partial charge < -0.3 is 0 Å². The largest absolute Gasteiger partial charge is 0.205 e. The Labute approximate surface area is 236 Å². The van der Waals surface area contributed by atoms with Crippen LogP contribution in [-0.2, 0) is 12.8 Å². The first-order valence-corrected chi connectivity index (χ1v) is 13.7. The number of aliphatic imine (C=N–C) groups is 1. The molecule has 3 heteroatoms. The highest BCUT2D eigenvalue weighted by molar-refractivity contribution is 7.78. The maximum Gasteiger partial charge on any atom is 0.150 e. The highest BCUT2D eigenvalue weighted by Gasteiger charge is 2.03. The van der Waals surface area contributed by atoms with E-state index in [1.54, 1.807) is 12.1 Å². The lowest BCUT2D eigenvalue weighted by atomic mass is 10.00. The number of hydrogen-bond donors (Lipinski definition) is 0. The summed E-state index contributed by atoms with van der Waals surface area (Å²) >= 11 is 4.55. The highest BCUT2D eigenvalue weighted by Crippen LogP contribution is 2.22. The zero-order chi connectivity index (χ0) is 27.5. The fourth-order valence-electron chi connectivity index (χ4n) is 4.28. The van der Waals surface area contributed by atoms with E-state index in [0.29, 0.717) is 5.56 Å². The molecule has 4 aromatic rings. The SMILES string of the molecule is CCCCCc1ccc(-c2ccc(C#Cc3ccc(C#Cc4ccc(N=C=S)c(F)c4)c(CC)c3)cc2)cc1. The average molecular weight is 528 g/mol. The molecule has 0 unspecified atom stereocenters. The van der Waals surface area contributed by atoms with E-state index < -0.39 is 5.82 Å². The van der Waals surface area contributed by atoms with Crippen LogP contribution in [0.5, 0.6) is 0 Å². The molecule has 0 N–H and O–H groups in total. The van der Waals surface area contributed by atoms with Gasteiger partial charge in [-0.3, -0.25) is 0 Å². The van der Waals surface area contributed by atoms with Gasteiger partial charge in [-0.15, -0.1) is 0 Å². The zero-order valence-corrected chi connectivity index (χ0v) is 23.2. The van der Waals surface area contributed by atoms with Gasteiger partial charge in [0.05, 0.1) is 5.16 Å². The van der Waals surface area contributed by atoms with Crippen LogP contribution in [0.3, 0.4) is 0 Å². The number of rotatable bonds is 7. The van der Waals surface area contributed by atoms with Crippen molar-refractivity contribution in [2.24, 2.45) is 4.99 Å². The second-order valence-corrected chi connectivity index (χ2v) is 9.51. The highest BCUT2D eigenvalue weighted by atomic mass is 32.1. The fraction of sp³-hybridized carbons (Fsp3) is 0.194. The lowest BCUT2D eigenvalue weighted by molar-refractivity contribution is 0.629. The minimum atomic E-state index is -0.468. The Bertz CT molecular complexity index is 1600. The van der Waals surface area contributed by atoms with Crippen molar-refractivity contribution in [1.82, 2.24) is 0 Å². The predicted molar refractivity (Wildman–Crippen MR) is 164 cm³/mol. The first kappa shape index (κ1) is 27.8. The molecule has 0 fully saturated rings. The summed E-state index contributed by atoms with van der Waals surface area (Å²) in [5.74, 6) is 12.3. The second-order valence-electron chi connectivity index (χ2n) is 9.33. The lowest BCUT2D eigenvalue weighted by Gasteiger charge is -2.05. The molecule has 192 valence electrons. The van der Waals surface area contributed by atoms with Crippen LogP contribution in [-0.4, -0.2) is 5.16 Å². The number of halogens is 1. The van der Waals surface area contributed by atoms with E-state index in [2.05, 4.69) is 114 Å². The summed E-state index contributed by atoms with van der Waals surface area (Å²) in [5, 5.41) is 2.18. The number of isothiocyanates is 1. The van der Waals surface area contributed by atoms with Gasteiger partial charge in [0, 0.05) is 22.3 Å². The first-order chi connectivity index (χ1) is 19.1. The molecule has 39 heavy (non-hydrogen) atoms. The van der Waals surface area contributed by atoms with E-state index in [1.807, 2.05) is 12.1 Å². The van der Waals surface area contributed by atoms with Gasteiger partial charge in [0.15, 0.2) is 5.82 Å². The predicted octanol–water partition coefficient (Wildman–Crippen LogP) is 9.32. The maximum absolute atomic E-state index is 14.1. The number of thiocarbonyl (C=S) groups is 1. The van der Waals surface area contributed by atoms with Gasteiger partial charge in [0.1, 0.15) is 5.69 Å². The molecule has 0 amide bonds. The second kappa shape index (κ2) is 14.0. The van der Waals surface area contributed by atoms with Crippen molar-refractivity contribution in [2.45, 2.75) is 46.0 Å². The molecule has 0 heterocycles. The Morgan fingerprint density at radius 2 is 1.31 bits per heavy atom. The molecule has 1 nitrogen and oxygen atoms in total. The topological polar surface area (TPSA) is 12.4 Å². The summed E-state index contributed by atoms with van der Waals surface area (Å²) in [6.45, 7) is 4.33. The van der Waals surface area contributed by atoms with Gasteiger partial charge in [-0.25, -0.2) is 4.39 Å². The summed E-state index contributed by atoms with van der Waals surface area (Å²) in [7, 11) is 0. The summed E-state index contributed by atoms with van der Waals surface area (Å²) in [4.78, 5) is 3.70. The van der Waals surface area contributed by atoms with Gasteiger partial charge in [0.2, 0.25) is 0 Å². The molecule has 0 aliphatic rings. The Balaban J connectivity index is 1.45. The van der Waals surface area contributed by atoms with Crippen molar-refractivity contribution < 1.29 is 4.39 Å². The Morgan fingerprint density at radius 1 is 0.692 bits per heavy atom. The summed E-state index contributed by atoms with van der Waals surface area (Å²) in [6.07, 6.45) is 5.75. The standard InChI is InChI=1S/C36H30FNS/c1-3-5-6-7-27-10-17-33(18-11-27)34-19-12-28(13-20-34)8-9-29-14-21-32(31(4-2)24-29)22-15-30-16-23-36(38-26-39)35(37)25-30/h10-14,16-21,23-25H,3-7H2,1-2H3. The molecule has 0 bridgehead atoms. The third-order valence-corrected chi connectivity index (χ3v) is 6.63. The van der Waals surface area contributed by atoms with Crippen molar-refractivity contribution in [3.05, 3.63) is 124 Å². The minimum absolute atomic E-state index is 0.161. The quantitative estimate of drug-likeness (QED) is 0.101. The van der Waals surface area contributed by atoms with Crippen LogP contribution in [0, 0.1) is 29.5 Å². The van der Waals surface area contributed by atoms with Crippen LogP contribution in [0.2, 0.25) is 0 Å². The monoisotopic (exact) mass is 527 g/mol. The van der Waals surface area contributed by atoms with Crippen LogP contribution < -0.4 is 0 Å². The van der Waals surface area contributed by atoms with Crippen LogP contribution >= 0.6 is 12.2 Å². The van der Waals surface area contributed by atoms with Crippen LogP contribution in [0.4, 0.5) is 10.1 Å². The summed E-state index contributed by atoms with van der Waals surface area (Å²) in [5.41, 5.74) is 8.48. The van der Waals surface area contributed by atoms with Crippen molar-refractivity contribution in [1.29, 1.82) is 0 Å². The smallest absolute Gasteiger partial charge is 0.150 e. The van der Waals surface area contributed by atoms with Gasteiger partial charge in [-0.05, 0) is 102 Å². The lowest BCUT2D eigenvalue weighted by Crippen LogP contribution is -1.90. The molecule has 0 aromatic heterocycles. The van der Waals surface area contributed by atoms with E-state index in [0.717, 1.165) is 35.1 Å².